The Hall–Kier alpha value is -1.12. The van der Waals surface area contributed by atoms with Gasteiger partial charge >= 0.3 is 0 Å². The maximum atomic E-state index is 5.94. The molecule has 1 aromatic rings. The number of benzene rings is 1. The maximum absolute atomic E-state index is 5.94. The summed E-state index contributed by atoms with van der Waals surface area (Å²) in [6, 6.07) is 8.82. The number of rotatable bonds is 7. The van der Waals surface area contributed by atoms with Crippen LogP contribution in [0, 0.1) is 13.8 Å². The molecule has 0 spiro atoms. The van der Waals surface area contributed by atoms with Crippen molar-refractivity contribution in [3.05, 3.63) is 47.5 Å². The third-order valence-corrected chi connectivity index (χ3v) is 3.48. The highest BCUT2D eigenvalue weighted by Crippen LogP contribution is 2.15. The first-order valence-corrected chi connectivity index (χ1v) is 8.18. The summed E-state index contributed by atoms with van der Waals surface area (Å²) in [5.74, 6) is 5.94. The van der Waals surface area contributed by atoms with E-state index in [4.69, 9.17) is 5.84 Å². The van der Waals surface area contributed by atoms with Crippen LogP contribution < -0.4 is 5.84 Å². The van der Waals surface area contributed by atoms with Gasteiger partial charge < -0.3 is 0 Å². The molecule has 0 aliphatic heterocycles. The number of aryl methyl sites for hydroxylation is 2. The highest BCUT2D eigenvalue weighted by atomic mass is 15.4. The van der Waals surface area contributed by atoms with E-state index in [1.165, 1.54) is 16.7 Å². The van der Waals surface area contributed by atoms with Crippen molar-refractivity contribution in [2.24, 2.45) is 5.84 Å². The summed E-state index contributed by atoms with van der Waals surface area (Å²) in [4.78, 5) is 0. The summed E-state index contributed by atoms with van der Waals surface area (Å²) in [5, 5.41) is 1.93. The first-order valence-electron chi connectivity index (χ1n) is 8.18. The Morgan fingerprint density at radius 3 is 2.05 bits per heavy atom. The van der Waals surface area contributed by atoms with Gasteiger partial charge in [0.05, 0.1) is 0 Å². The van der Waals surface area contributed by atoms with Gasteiger partial charge in [0.25, 0.3) is 0 Å². The van der Waals surface area contributed by atoms with Gasteiger partial charge in [0.15, 0.2) is 0 Å². The summed E-state index contributed by atoms with van der Waals surface area (Å²) in [6.45, 7) is 15.8. The second kappa shape index (κ2) is 11.5. The molecule has 1 atom stereocenters. The summed E-state index contributed by atoms with van der Waals surface area (Å²) in [7, 11) is 0. The predicted octanol–water partition coefficient (Wildman–Crippen LogP) is 5.01. The van der Waals surface area contributed by atoms with Crippen LogP contribution in [-0.2, 0) is 0 Å². The van der Waals surface area contributed by atoms with E-state index < -0.39 is 0 Å². The molecule has 0 aromatic heterocycles. The Morgan fingerprint density at radius 2 is 1.71 bits per heavy atom. The van der Waals surface area contributed by atoms with E-state index in [1.807, 2.05) is 5.01 Å². The van der Waals surface area contributed by atoms with E-state index in [2.05, 4.69) is 65.5 Å². The van der Waals surface area contributed by atoms with Crippen LogP contribution in [0.1, 0.15) is 57.6 Å². The molecule has 0 bridgehead atoms. The average molecular weight is 290 g/mol. The van der Waals surface area contributed by atoms with Crippen molar-refractivity contribution >= 4 is 0 Å². The largest absolute Gasteiger partial charge is 0.268 e. The van der Waals surface area contributed by atoms with Crippen molar-refractivity contribution in [3.8, 4) is 0 Å². The summed E-state index contributed by atoms with van der Waals surface area (Å²) in [6.07, 6.45) is 4.42. The Morgan fingerprint density at radius 1 is 1.14 bits per heavy atom. The Balaban J connectivity index is 0.000000423. The van der Waals surface area contributed by atoms with E-state index in [-0.39, 0.29) is 0 Å². The monoisotopic (exact) mass is 290 g/mol. The molecule has 0 radical (unpaired) electrons. The second-order valence-corrected chi connectivity index (χ2v) is 5.73. The van der Waals surface area contributed by atoms with Crippen molar-refractivity contribution in [2.75, 3.05) is 6.54 Å². The van der Waals surface area contributed by atoms with Crippen molar-refractivity contribution in [3.63, 3.8) is 0 Å². The van der Waals surface area contributed by atoms with Crippen molar-refractivity contribution in [2.45, 2.75) is 66.3 Å². The molecular weight excluding hydrogens is 256 g/mol. The topological polar surface area (TPSA) is 29.3 Å². The smallest absolute Gasteiger partial charge is 0.0445 e. The average Bonchev–Trinajstić information content (AvgIpc) is 2.40. The molecule has 2 nitrogen and oxygen atoms in total. The number of hydrogen-bond donors (Lipinski definition) is 1. The van der Waals surface area contributed by atoms with E-state index in [0.29, 0.717) is 6.04 Å². The maximum Gasteiger partial charge on any atom is 0.0445 e. The third-order valence-electron chi connectivity index (χ3n) is 3.48. The molecule has 0 saturated heterocycles. The van der Waals surface area contributed by atoms with Crippen LogP contribution in [0.4, 0.5) is 0 Å². The molecule has 1 aromatic carbocycles. The minimum absolute atomic E-state index is 0.375. The minimum atomic E-state index is 0.375. The fourth-order valence-electron chi connectivity index (χ4n) is 2.47. The number of nitrogens with two attached hydrogens (primary N) is 1. The van der Waals surface area contributed by atoms with Gasteiger partial charge in [0, 0.05) is 12.6 Å². The van der Waals surface area contributed by atoms with Crippen LogP contribution in [0.2, 0.25) is 0 Å². The van der Waals surface area contributed by atoms with Gasteiger partial charge in [0.1, 0.15) is 0 Å². The van der Waals surface area contributed by atoms with Gasteiger partial charge in [-0.3, -0.25) is 5.84 Å². The zero-order valence-electron chi connectivity index (χ0n) is 14.7. The van der Waals surface area contributed by atoms with Gasteiger partial charge in [-0.05, 0) is 33.1 Å². The van der Waals surface area contributed by atoms with Crippen molar-refractivity contribution < 1.29 is 0 Å². The van der Waals surface area contributed by atoms with Gasteiger partial charge in [-0.1, -0.05) is 74.7 Å². The highest BCUT2D eigenvalue weighted by Gasteiger charge is 2.14. The Kier molecular flexibility index (Phi) is 10.9. The van der Waals surface area contributed by atoms with Crippen LogP contribution in [0.15, 0.2) is 36.4 Å². The molecule has 0 heterocycles. The van der Waals surface area contributed by atoms with Crippen LogP contribution in [0.5, 0.6) is 0 Å². The van der Waals surface area contributed by atoms with Crippen LogP contribution >= 0.6 is 0 Å². The molecule has 0 fully saturated rings. The standard InChI is InChI=1S/C11H24N2.C8H10/c1-5-8-10(4)11(7-3)13(12)9-6-2;1-7-4-3-5-8(2)6-7/h11H,4-9,12H2,1-3H3;3-6H,1-2H3. The van der Waals surface area contributed by atoms with Crippen LogP contribution in [0.25, 0.3) is 0 Å². The molecule has 2 N–H and O–H groups in total. The molecule has 1 rings (SSSR count). The lowest BCUT2D eigenvalue weighted by Crippen LogP contribution is -2.42. The zero-order valence-corrected chi connectivity index (χ0v) is 14.7. The molecule has 0 aliphatic rings. The number of hydrogen-bond acceptors (Lipinski definition) is 2. The van der Waals surface area contributed by atoms with E-state index in [1.54, 1.807) is 0 Å². The highest BCUT2D eigenvalue weighted by molar-refractivity contribution is 5.20. The lowest BCUT2D eigenvalue weighted by molar-refractivity contribution is 0.218. The normalized spacial score (nSPS) is 11.8. The number of hydrazine groups is 1. The molecule has 2 heteroatoms. The first-order chi connectivity index (χ1) is 9.96. The van der Waals surface area contributed by atoms with Crippen LogP contribution in [0.3, 0.4) is 0 Å². The number of nitrogens with zero attached hydrogens (tertiary/aromatic N) is 1. The molecule has 1 unspecified atom stereocenters. The van der Waals surface area contributed by atoms with Gasteiger partial charge in [-0.25, -0.2) is 5.01 Å². The lowest BCUT2D eigenvalue weighted by Gasteiger charge is -2.27. The molecule has 120 valence electrons. The Bertz CT molecular complexity index is 381. The second-order valence-electron chi connectivity index (χ2n) is 5.73. The predicted molar refractivity (Wildman–Crippen MR) is 95.2 cm³/mol. The molecule has 21 heavy (non-hydrogen) atoms. The SMILES string of the molecule is C=C(CCC)C(CC)N(N)CCC.Cc1cccc(C)c1. The van der Waals surface area contributed by atoms with Gasteiger partial charge in [-0.2, -0.15) is 0 Å². The lowest BCUT2D eigenvalue weighted by atomic mass is 10.0. The quantitative estimate of drug-likeness (QED) is 0.434. The fourth-order valence-corrected chi connectivity index (χ4v) is 2.47. The summed E-state index contributed by atoms with van der Waals surface area (Å²) < 4.78 is 0. The molecule has 0 amide bonds. The van der Waals surface area contributed by atoms with Gasteiger partial charge in [0.2, 0.25) is 0 Å². The molecular formula is C19H34N2. The van der Waals surface area contributed by atoms with E-state index >= 15 is 0 Å². The van der Waals surface area contributed by atoms with Gasteiger partial charge in [-0.15, -0.1) is 0 Å². The Labute approximate surface area is 132 Å². The van der Waals surface area contributed by atoms with Crippen LogP contribution in [-0.4, -0.2) is 17.6 Å². The molecule has 0 saturated carbocycles. The van der Waals surface area contributed by atoms with Crippen molar-refractivity contribution in [1.29, 1.82) is 0 Å². The minimum Gasteiger partial charge on any atom is -0.268 e. The summed E-state index contributed by atoms with van der Waals surface area (Å²) >= 11 is 0. The fraction of sp³-hybridized carbons (Fsp3) is 0.579. The first kappa shape index (κ1) is 19.9. The third kappa shape index (κ3) is 8.69. The summed E-state index contributed by atoms with van der Waals surface area (Å²) in [5.41, 5.74) is 3.95. The van der Waals surface area contributed by atoms with Crippen molar-refractivity contribution in [1.82, 2.24) is 5.01 Å². The molecule has 0 aliphatic carbocycles. The van der Waals surface area contributed by atoms with E-state index in [9.17, 15) is 0 Å². The zero-order chi connectivity index (χ0) is 16.3. The van der Waals surface area contributed by atoms with E-state index in [0.717, 1.165) is 32.2 Å².